The lowest BCUT2D eigenvalue weighted by molar-refractivity contribution is -0.144. The third-order valence-electron chi connectivity index (χ3n) is 13.2. The SMILES string of the molecule is Cc1ncsc1-c1ccc(CNC(=O)[C@@H]2C[C@@H](O)CN2C(=O)[C@@H](NC(=O)COCc2ccc(COc3cc(F)c([C@@H]4C5=C(C[C@@H](C)N4CC(C)(C)F)c4ccccc4C5)c(F)c3)cn2)C(C)(C)C)cc1. The molecule has 3 aliphatic rings. The number of β-amino-alcohol motifs (C(OH)–C–C–N with tert-alkyl or cyclic N) is 1. The van der Waals surface area contributed by atoms with Gasteiger partial charge in [-0.15, -0.1) is 11.3 Å². The lowest BCUT2D eigenvalue weighted by Gasteiger charge is -2.44. The highest BCUT2D eigenvalue weighted by Crippen LogP contribution is 2.50. The van der Waals surface area contributed by atoms with Crippen LogP contribution in [0.5, 0.6) is 5.75 Å². The number of amides is 3. The first-order chi connectivity index (χ1) is 33.2. The number of aliphatic hydroxyl groups excluding tert-OH is 1. The van der Waals surface area contributed by atoms with Crippen molar-refractivity contribution < 1.29 is 42.1 Å². The number of likely N-dealkylation sites (tertiary alicyclic amines) is 1. The second kappa shape index (κ2) is 20.8. The normalized spacial score (nSPS) is 19.7. The molecule has 5 atom stereocenters. The summed E-state index contributed by atoms with van der Waals surface area (Å²) in [6, 6.07) is 18.6. The van der Waals surface area contributed by atoms with Crippen molar-refractivity contribution in [3.05, 3.63) is 141 Å². The van der Waals surface area contributed by atoms with Crippen LogP contribution in [-0.4, -0.2) is 92.2 Å². The third kappa shape index (κ3) is 11.5. The van der Waals surface area contributed by atoms with Crippen LogP contribution >= 0.6 is 11.3 Å². The number of nitrogens with zero attached hydrogens (tertiary/aromatic N) is 4. The van der Waals surface area contributed by atoms with E-state index in [1.807, 2.05) is 67.3 Å². The summed E-state index contributed by atoms with van der Waals surface area (Å²) >= 11 is 1.56. The van der Waals surface area contributed by atoms with Gasteiger partial charge in [-0.1, -0.05) is 75.4 Å². The molecule has 2 aromatic heterocycles. The number of fused-ring (bicyclic) bond motifs is 2. The average molecular weight is 979 g/mol. The number of aromatic nitrogens is 2. The van der Waals surface area contributed by atoms with Gasteiger partial charge in [-0.05, 0) is 85.4 Å². The maximum Gasteiger partial charge on any atom is 0.246 e. The maximum absolute atomic E-state index is 16.2. The first-order valence-electron chi connectivity index (χ1n) is 23.7. The Kier molecular flexibility index (Phi) is 15.0. The van der Waals surface area contributed by atoms with E-state index in [1.54, 1.807) is 49.8 Å². The molecule has 0 radical (unpaired) electrons. The van der Waals surface area contributed by atoms with Crippen molar-refractivity contribution in [2.24, 2.45) is 5.41 Å². The Hall–Kier alpha value is -5.94. The van der Waals surface area contributed by atoms with E-state index in [4.69, 9.17) is 9.47 Å². The molecule has 3 aromatic carbocycles. The number of carbonyl (C=O) groups is 3. The van der Waals surface area contributed by atoms with Gasteiger partial charge in [-0.2, -0.15) is 0 Å². The Balaban J connectivity index is 0.836. The van der Waals surface area contributed by atoms with E-state index >= 15 is 13.2 Å². The highest BCUT2D eigenvalue weighted by molar-refractivity contribution is 7.13. The van der Waals surface area contributed by atoms with Crippen molar-refractivity contribution in [1.82, 2.24) is 30.4 Å². The van der Waals surface area contributed by atoms with Gasteiger partial charge in [0.2, 0.25) is 17.7 Å². The summed E-state index contributed by atoms with van der Waals surface area (Å²) in [5, 5.41) is 16.3. The number of rotatable bonds is 16. The van der Waals surface area contributed by atoms with Crippen LogP contribution in [0, 0.1) is 24.0 Å². The fraction of sp³-hybridized carbons (Fsp3) is 0.426. The number of alkyl halides is 1. The van der Waals surface area contributed by atoms with Crippen LogP contribution in [0.2, 0.25) is 0 Å². The van der Waals surface area contributed by atoms with Gasteiger partial charge in [0.25, 0.3) is 0 Å². The number of aryl methyl sites for hydroxylation is 1. The van der Waals surface area contributed by atoms with Gasteiger partial charge in [0.1, 0.15) is 48.4 Å². The first-order valence-corrected chi connectivity index (χ1v) is 24.5. The summed E-state index contributed by atoms with van der Waals surface area (Å²) in [5.41, 5.74) is 7.43. The monoisotopic (exact) mass is 978 g/mol. The highest BCUT2D eigenvalue weighted by Gasteiger charge is 2.45. The molecule has 12 nitrogen and oxygen atoms in total. The lowest BCUT2D eigenvalue weighted by Crippen LogP contribution is -2.58. The number of aliphatic hydroxyl groups is 1. The van der Waals surface area contributed by atoms with Gasteiger partial charge in [0, 0.05) is 61.6 Å². The molecule has 0 spiro atoms. The van der Waals surface area contributed by atoms with Crippen LogP contribution in [0.25, 0.3) is 16.0 Å². The highest BCUT2D eigenvalue weighted by atomic mass is 32.1. The molecule has 70 heavy (non-hydrogen) atoms. The number of ether oxygens (including phenoxy) is 2. The van der Waals surface area contributed by atoms with E-state index in [9.17, 15) is 19.5 Å². The Morgan fingerprint density at radius 2 is 1.67 bits per heavy atom. The average Bonchev–Trinajstić information content (AvgIpc) is 4.03. The summed E-state index contributed by atoms with van der Waals surface area (Å²) in [6.07, 6.45) is 1.88. The standard InChI is InChI=1S/C54H61F3N6O6S/c1-31-18-41-40-11-9-8-10-36(40)19-42(41)48(63(31)29-54(6,7)57)47-43(55)21-39(22-44(47)56)69-26-34-14-17-37(58-24-34)27-68-28-46(65)61-50(53(3,4)5)52(67)62-25-38(64)20-45(62)51(66)59-23-33-12-15-35(16-13-33)49-32(2)60-30-70-49/h8-17,21-22,24,30-31,38,45,48,50,64H,18-20,23,25-29H2,1-7H3,(H,59,66)(H,61,65)/t31-,38-,45+,48+,50-/m1/s1. The number of benzene rings is 3. The van der Waals surface area contributed by atoms with E-state index in [-0.39, 0.29) is 63.2 Å². The van der Waals surface area contributed by atoms with Crippen LogP contribution in [0.4, 0.5) is 13.2 Å². The van der Waals surface area contributed by atoms with Gasteiger partial charge >= 0.3 is 0 Å². The van der Waals surface area contributed by atoms with Gasteiger partial charge in [0.05, 0.1) is 40.5 Å². The van der Waals surface area contributed by atoms with Crippen molar-refractivity contribution in [3.63, 3.8) is 0 Å². The first kappa shape index (κ1) is 50.4. The maximum atomic E-state index is 16.2. The molecule has 0 unspecified atom stereocenters. The summed E-state index contributed by atoms with van der Waals surface area (Å²) in [5.74, 6) is -2.99. The lowest BCUT2D eigenvalue weighted by atomic mass is 9.84. The summed E-state index contributed by atoms with van der Waals surface area (Å²) in [7, 11) is 0. The van der Waals surface area contributed by atoms with Crippen molar-refractivity contribution in [1.29, 1.82) is 0 Å². The number of pyridine rings is 1. The largest absolute Gasteiger partial charge is 0.489 e. The van der Waals surface area contributed by atoms with Crippen molar-refractivity contribution >= 4 is 34.6 Å². The molecule has 3 amide bonds. The topological polar surface area (TPSA) is 146 Å². The molecule has 16 heteroatoms. The molecular weight excluding hydrogens is 918 g/mol. The number of carbonyl (C=O) groups excluding carboxylic acids is 3. The zero-order valence-electron chi connectivity index (χ0n) is 40.7. The van der Waals surface area contributed by atoms with Gasteiger partial charge in [0.15, 0.2) is 0 Å². The van der Waals surface area contributed by atoms with E-state index < -0.39 is 64.7 Å². The fourth-order valence-corrected chi connectivity index (χ4v) is 10.6. The Morgan fingerprint density at radius 1 is 0.957 bits per heavy atom. The van der Waals surface area contributed by atoms with Crippen LogP contribution < -0.4 is 15.4 Å². The molecule has 4 heterocycles. The van der Waals surface area contributed by atoms with Crippen LogP contribution in [0.3, 0.4) is 0 Å². The zero-order chi connectivity index (χ0) is 50.1. The number of hydrogen-bond acceptors (Lipinski definition) is 10. The number of nitrogens with one attached hydrogen (secondary N) is 2. The fourth-order valence-electron chi connectivity index (χ4n) is 9.77. The number of halogens is 3. The molecule has 0 saturated carbocycles. The second-order valence-electron chi connectivity index (χ2n) is 20.4. The second-order valence-corrected chi connectivity index (χ2v) is 21.2. The summed E-state index contributed by atoms with van der Waals surface area (Å²) in [6.45, 7) is 12.0. The molecule has 370 valence electrons. The van der Waals surface area contributed by atoms with Gasteiger partial charge in [-0.25, -0.2) is 18.2 Å². The molecule has 5 aromatic rings. The molecule has 3 N–H and O–H groups in total. The zero-order valence-corrected chi connectivity index (χ0v) is 41.5. The molecule has 1 saturated heterocycles. The molecule has 0 bridgehead atoms. The predicted molar refractivity (Wildman–Crippen MR) is 262 cm³/mol. The predicted octanol–water partition coefficient (Wildman–Crippen LogP) is 8.59. The summed E-state index contributed by atoms with van der Waals surface area (Å²) < 4.78 is 59.2. The Morgan fingerprint density at radius 3 is 2.33 bits per heavy atom. The molecular formula is C54H61F3N6O6S. The molecule has 8 rings (SSSR count). The number of hydrogen-bond donors (Lipinski definition) is 3. The minimum absolute atomic E-state index is 0.00463. The summed E-state index contributed by atoms with van der Waals surface area (Å²) in [4.78, 5) is 53.8. The van der Waals surface area contributed by atoms with E-state index in [1.165, 1.54) is 37.1 Å². The Labute approximate surface area is 411 Å². The van der Waals surface area contributed by atoms with Gasteiger partial charge in [-0.3, -0.25) is 24.3 Å². The van der Waals surface area contributed by atoms with Crippen LogP contribution in [0.15, 0.2) is 90.1 Å². The Bertz CT molecular complexity index is 2730. The van der Waals surface area contributed by atoms with Crippen LogP contribution in [0.1, 0.15) is 99.6 Å². The molecule has 1 fully saturated rings. The molecule has 2 aliphatic heterocycles. The van der Waals surface area contributed by atoms with Crippen molar-refractivity contribution in [3.8, 4) is 16.2 Å². The van der Waals surface area contributed by atoms with E-state index in [0.717, 1.165) is 44.0 Å². The van der Waals surface area contributed by atoms with Gasteiger partial charge < -0.3 is 30.1 Å². The molecule has 1 aliphatic carbocycles. The quantitative estimate of drug-likeness (QED) is 0.0886. The number of thiazole rings is 1. The van der Waals surface area contributed by atoms with E-state index in [2.05, 4.69) is 20.6 Å². The third-order valence-corrected chi connectivity index (χ3v) is 14.2. The minimum Gasteiger partial charge on any atom is -0.489 e. The van der Waals surface area contributed by atoms with Crippen molar-refractivity contribution in [2.75, 3.05) is 19.7 Å². The smallest absolute Gasteiger partial charge is 0.246 e. The van der Waals surface area contributed by atoms with E-state index in [0.29, 0.717) is 24.1 Å². The minimum atomic E-state index is -1.60. The van der Waals surface area contributed by atoms with Crippen LogP contribution in [-0.2, 0) is 45.3 Å². The van der Waals surface area contributed by atoms with Crippen molar-refractivity contribution in [2.45, 2.75) is 123 Å².